The van der Waals surface area contributed by atoms with Gasteiger partial charge in [0, 0.05) is 6.54 Å². The molecule has 0 aliphatic heterocycles. The van der Waals surface area contributed by atoms with Crippen molar-refractivity contribution < 1.29 is 4.74 Å². The van der Waals surface area contributed by atoms with Crippen LogP contribution in [0.5, 0.6) is 5.75 Å². The Morgan fingerprint density at radius 1 is 1.33 bits per heavy atom. The minimum atomic E-state index is 0.280. The van der Waals surface area contributed by atoms with Crippen LogP contribution in [0.4, 0.5) is 0 Å². The summed E-state index contributed by atoms with van der Waals surface area (Å²) >= 11 is 0. The van der Waals surface area contributed by atoms with E-state index >= 15 is 0 Å². The van der Waals surface area contributed by atoms with Crippen LogP contribution >= 0.6 is 0 Å². The van der Waals surface area contributed by atoms with Crippen molar-refractivity contribution in [3.05, 3.63) is 29.8 Å². The average Bonchev–Trinajstić information content (AvgIpc) is 2.36. The highest BCUT2D eigenvalue weighted by Crippen LogP contribution is 2.31. The number of ether oxygens (including phenoxy) is 1. The van der Waals surface area contributed by atoms with E-state index in [1.54, 1.807) is 7.11 Å². The Bertz CT molecular complexity index is 362. The van der Waals surface area contributed by atoms with Crippen LogP contribution < -0.4 is 10.1 Å². The Morgan fingerprint density at radius 3 is 2.61 bits per heavy atom. The first kappa shape index (κ1) is 15.0. The molecule has 0 bridgehead atoms. The molecule has 0 radical (unpaired) electrons. The molecule has 1 atom stereocenters. The maximum absolute atomic E-state index is 5.30. The molecule has 0 saturated heterocycles. The molecule has 1 rings (SSSR count). The summed E-state index contributed by atoms with van der Waals surface area (Å²) in [4.78, 5) is 0. The Morgan fingerprint density at radius 2 is 2.06 bits per heavy atom. The van der Waals surface area contributed by atoms with Crippen LogP contribution in [0, 0.1) is 11.3 Å². The normalized spacial score (nSPS) is 14.6. The molecule has 0 aromatic heterocycles. The van der Waals surface area contributed by atoms with E-state index in [0.29, 0.717) is 5.92 Å². The second kappa shape index (κ2) is 6.79. The predicted octanol–water partition coefficient (Wildman–Crippen LogP) is 3.51. The largest absolute Gasteiger partial charge is 0.497 e. The molecule has 0 saturated carbocycles. The van der Waals surface area contributed by atoms with Crippen molar-refractivity contribution in [2.24, 2.45) is 11.3 Å². The first-order valence-corrected chi connectivity index (χ1v) is 6.85. The number of rotatable bonds is 7. The summed E-state index contributed by atoms with van der Waals surface area (Å²) in [6.07, 6.45) is 1.08. The molecule has 1 aromatic carbocycles. The zero-order valence-electron chi connectivity index (χ0n) is 12.4. The molecule has 2 nitrogen and oxygen atoms in total. The van der Waals surface area contributed by atoms with Gasteiger partial charge < -0.3 is 10.1 Å². The Kier molecular flexibility index (Phi) is 5.67. The van der Waals surface area contributed by atoms with E-state index in [4.69, 9.17) is 4.74 Å². The number of methoxy groups -OCH3 is 1. The maximum Gasteiger partial charge on any atom is 0.119 e. The van der Waals surface area contributed by atoms with Gasteiger partial charge in [-0.1, -0.05) is 39.8 Å². The zero-order chi connectivity index (χ0) is 13.6. The third-order valence-corrected chi connectivity index (χ3v) is 3.91. The van der Waals surface area contributed by atoms with Gasteiger partial charge in [0.1, 0.15) is 5.75 Å². The number of benzene rings is 1. The third kappa shape index (κ3) is 4.02. The van der Waals surface area contributed by atoms with Gasteiger partial charge in [0.05, 0.1) is 7.11 Å². The van der Waals surface area contributed by atoms with Gasteiger partial charge in [-0.3, -0.25) is 0 Å². The lowest BCUT2D eigenvalue weighted by Gasteiger charge is -2.34. The summed E-state index contributed by atoms with van der Waals surface area (Å²) < 4.78 is 5.30. The van der Waals surface area contributed by atoms with E-state index < -0.39 is 0 Å². The van der Waals surface area contributed by atoms with E-state index in [0.717, 1.165) is 25.3 Å². The summed E-state index contributed by atoms with van der Waals surface area (Å²) in [5.41, 5.74) is 1.63. The molecule has 1 N–H and O–H groups in total. The topological polar surface area (TPSA) is 21.3 Å². The molecular weight excluding hydrogens is 222 g/mol. The van der Waals surface area contributed by atoms with Crippen LogP contribution in [-0.2, 0) is 6.42 Å². The SMILES string of the molecule is CCNCC(C)(Cc1cccc(OC)c1)C(C)C. The fourth-order valence-corrected chi connectivity index (χ4v) is 2.13. The molecule has 0 aliphatic carbocycles. The Hall–Kier alpha value is -1.02. The molecule has 2 heteroatoms. The summed E-state index contributed by atoms with van der Waals surface area (Å²) in [6.45, 7) is 11.2. The van der Waals surface area contributed by atoms with Gasteiger partial charge in [-0.05, 0) is 42.0 Å². The van der Waals surface area contributed by atoms with Crippen LogP contribution in [0.2, 0.25) is 0 Å². The fraction of sp³-hybridized carbons (Fsp3) is 0.625. The third-order valence-electron chi connectivity index (χ3n) is 3.91. The number of nitrogens with one attached hydrogen (secondary N) is 1. The molecule has 0 spiro atoms. The molecule has 0 heterocycles. The summed E-state index contributed by atoms with van der Waals surface area (Å²) in [6, 6.07) is 8.41. The highest BCUT2D eigenvalue weighted by Gasteiger charge is 2.28. The van der Waals surface area contributed by atoms with Crippen molar-refractivity contribution >= 4 is 0 Å². The first-order chi connectivity index (χ1) is 8.51. The minimum absolute atomic E-state index is 0.280. The quantitative estimate of drug-likeness (QED) is 0.798. The summed E-state index contributed by atoms with van der Waals surface area (Å²) in [5.74, 6) is 1.59. The molecule has 18 heavy (non-hydrogen) atoms. The number of hydrogen-bond donors (Lipinski definition) is 1. The van der Waals surface area contributed by atoms with E-state index in [2.05, 4.69) is 51.2 Å². The van der Waals surface area contributed by atoms with Crippen LogP contribution in [0.15, 0.2) is 24.3 Å². The van der Waals surface area contributed by atoms with Gasteiger partial charge in [0.25, 0.3) is 0 Å². The van der Waals surface area contributed by atoms with Crippen LogP contribution in [0.25, 0.3) is 0 Å². The van der Waals surface area contributed by atoms with E-state index in [1.165, 1.54) is 5.56 Å². The van der Waals surface area contributed by atoms with Gasteiger partial charge in [-0.15, -0.1) is 0 Å². The highest BCUT2D eigenvalue weighted by atomic mass is 16.5. The first-order valence-electron chi connectivity index (χ1n) is 6.85. The van der Waals surface area contributed by atoms with Gasteiger partial charge in [-0.2, -0.15) is 0 Å². The summed E-state index contributed by atoms with van der Waals surface area (Å²) in [7, 11) is 1.72. The van der Waals surface area contributed by atoms with Crippen LogP contribution in [0.3, 0.4) is 0 Å². The fourth-order valence-electron chi connectivity index (χ4n) is 2.13. The van der Waals surface area contributed by atoms with Gasteiger partial charge in [0.2, 0.25) is 0 Å². The smallest absolute Gasteiger partial charge is 0.119 e. The molecule has 1 unspecified atom stereocenters. The van der Waals surface area contributed by atoms with Crippen molar-refractivity contribution in [2.45, 2.75) is 34.1 Å². The molecular formula is C16H27NO. The Balaban J connectivity index is 2.82. The second-order valence-electron chi connectivity index (χ2n) is 5.62. The Labute approximate surface area is 112 Å². The monoisotopic (exact) mass is 249 g/mol. The minimum Gasteiger partial charge on any atom is -0.497 e. The van der Waals surface area contributed by atoms with Crippen molar-refractivity contribution in [1.82, 2.24) is 5.32 Å². The zero-order valence-corrected chi connectivity index (χ0v) is 12.4. The average molecular weight is 249 g/mol. The standard InChI is InChI=1S/C16H27NO/c1-6-17-12-16(4,13(2)3)11-14-8-7-9-15(10-14)18-5/h7-10,13,17H,6,11-12H2,1-5H3. The van der Waals surface area contributed by atoms with Crippen molar-refractivity contribution in [2.75, 3.05) is 20.2 Å². The van der Waals surface area contributed by atoms with E-state index in [9.17, 15) is 0 Å². The van der Waals surface area contributed by atoms with Gasteiger partial charge in [0.15, 0.2) is 0 Å². The second-order valence-corrected chi connectivity index (χ2v) is 5.62. The van der Waals surface area contributed by atoms with Crippen molar-refractivity contribution in [3.8, 4) is 5.75 Å². The molecule has 0 aliphatic rings. The lowest BCUT2D eigenvalue weighted by atomic mass is 9.74. The van der Waals surface area contributed by atoms with Crippen LogP contribution in [0.1, 0.15) is 33.3 Å². The molecule has 0 amide bonds. The lowest BCUT2D eigenvalue weighted by molar-refractivity contribution is 0.208. The molecule has 1 aromatic rings. The number of hydrogen-bond acceptors (Lipinski definition) is 2. The van der Waals surface area contributed by atoms with Crippen LogP contribution in [-0.4, -0.2) is 20.2 Å². The molecule has 0 fully saturated rings. The molecule has 102 valence electrons. The van der Waals surface area contributed by atoms with E-state index in [1.807, 2.05) is 6.07 Å². The van der Waals surface area contributed by atoms with Crippen molar-refractivity contribution in [1.29, 1.82) is 0 Å². The highest BCUT2D eigenvalue weighted by molar-refractivity contribution is 5.29. The van der Waals surface area contributed by atoms with Gasteiger partial charge in [-0.25, -0.2) is 0 Å². The maximum atomic E-state index is 5.30. The van der Waals surface area contributed by atoms with Crippen molar-refractivity contribution in [3.63, 3.8) is 0 Å². The summed E-state index contributed by atoms with van der Waals surface area (Å²) in [5, 5.41) is 3.49. The lowest BCUT2D eigenvalue weighted by Crippen LogP contribution is -2.37. The van der Waals surface area contributed by atoms with E-state index in [-0.39, 0.29) is 5.41 Å². The van der Waals surface area contributed by atoms with Gasteiger partial charge >= 0.3 is 0 Å². The predicted molar refractivity (Wildman–Crippen MR) is 78.2 cm³/mol.